The molecule has 0 N–H and O–H groups in total. The van der Waals surface area contributed by atoms with E-state index in [9.17, 15) is 13.2 Å². The molecule has 17 heteroatoms. The Labute approximate surface area is 236 Å². The van der Waals surface area contributed by atoms with E-state index in [1.54, 1.807) is 16.7 Å². The molecule has 210 valence electrons. The van der Waals surface area contributed by atoms with E-state index < -0.39 is 23.6 Å². The van der Waals surface area contributed by atoms with E-state index >= 15 is 0 Å². The summed E-state index contributed by atoms with van der Waals surface area (Å²) in [6.45, 7) is 5.73. The van der Waals surface area contributed by atoms with E-state index in [0.29, 0.717) is 52.6 Å². The molecule has 0 amide bonds. The summed E-state index contributed by atoms with van der Waals surface area (Å²) in [6.07, 6.45) is 1.26. The van der Waals surface area contributed by atoms with Crippen molar-refractivity contribution in [3.05, 3.63) is 51.4 Å². The number of ether oxygens (including phenoxy) is 3. The van der Waals surface area contributed by atoms with Crippen molar-refractivity contribution in [1.29, 1.82) is 0 Å². The number of morpholine rings is 2. The number of hydrogen-bond acceptors (Lipinski definition) is 11. The summed E-state index contributed by atoms with van der Waals surface area (Å²) in [5.41, 5.74) is 0. The lowest BCUT2D eigenvalue weighted by molar-refractivity contribution is 0.121. The average molecular weight is 610 g/mol. The lowest BCUT2D eigenvalue weighted by Gasteiger charge is -2.28. The highest BCUT2D eigenvalue weighted by molar-refractivity contribution is 6.32. The molecule has 2 saturated heterocycles. The van der Waals surface area contributed by atoms with Crippen molar-refractivity contribution in [2.75, 3.05) is 62.4 Å². The van der Waals surface area contributed by atoms with Gasteiger partial charge in [0.1, 0.15) is 0 Å². The van der Waals surface area contributed by atoms with Crippen molar-refractivity contribution < 1.29 is 27.4 Å². The highest BCUT2D eigenvalue weighted by atomic mass is 35.5. The zero-order valence-electron chi connectivity index (χ0n) is 20.5. The number of hydrogen-bond donors (Lipinski definition) is 0. The first-order valence-corrected chi connectivity index (χ1v) is 12.8. The molecule has 2 fully saturated rings. The highest BCUT2D eigenvalue weighted by Gasteiger charge is 2.24. The molecule has 2 aliphatic heterocycles. The van der Waals surface area contributed by atoms with Gasteiger partial charge in [-0.15, -0.1) is 0 Å². The lowest BCUT2D eigenvalue weighted by Crippen LogP contribution is -2.37. The Hall–Kier alpha value is -2.78. The smallest absolute Gasteiger partial charge is 0.257 e. The zero-order valence-corrected chi connectivity index (χ0v) is 22.7. The molecule has 5 rings (SSSR count). The first-order valence-electron chi connectivity index (χ1n) is 11.6. The SMILES string of the molecule is CC(Oc1nc(Cl)nc(N2CCOCC2)c1F)c1ncc(F)cn1.Fc1c(Cl)nc(Cl)nc1N1CCOCC1. The Morgan fingerprint density at radius 3 is 1.79 bits per heavy atom. The van der Waals surface area contributed by atoms with Gasteiger partial charge in [-0.25, -0.2) is 19.3 Å². The number of anilines is 2. The minimum atomic E-state index is -0.747. The van der Waals surface area contributed by atoms with Crippen molar-refractivity contribution in [2.45, 2.75) is 13.0 Å². The van der Waals surface area contributed by atoms with Gasteiger partial charge < -0.3 is 24.0 Å². The second-order valence-corrected chi connectivity index (χ2v) is 9.11. The molecule has 3 aromatic heterocycles. The summed E-state index contributed by atoms with van der Waals surface area (Å²) >= 11 is 17.1. The summed E-state index contributed by atoms with van der Waals surface area (Å²) < 4.78 is 57.0. The normalized spacial score (nSPS) is 16.4. The van der Waals surface area contributed by atoms with Gasteiger partial charge in [-0.2, -0.15) is 23.7 Å². The van der Waals surface area contributed by atoms with Crippen LogP contribution in [0.25, 0.3) is 0 Å². The monoisotopic (exact) mass is 608 g/mol. The van der Waals surface area contributed by atoms with Gasteiger partial charge in [-0.3, -0.25) is 0 Å². The van der Waals surface area contributed by atoms with Crippen LogP contribution in [-0.2, 0) is 9.47 Å². The molecule has 0 saturated carbocycles. The molecule has 3 aromatic rings. The van der Waals surface area contributed by atoms with Gasteiger partial charge in [0.2, 0.25) is 22.2 Å². The van der Waals surface area contributed by atoms with E-state index in [1.807, 2.05) is 0 Å². The third-order valence-electron chi connectivity index (χ3n) is 5.46. The Morgan fingerprint density at radius 1 is 0.769 bits per heavy atom. The molecule has 0 aromatic carbocycles. The molecular weight excluding hydrogens is 588 g/mol. The third-order valence-corrected chi connectivity index (χ3v) is 6.04. The maximum Gasteiger partial charge on any atom is 0.257 e. The van der Waals surface area contributed by atoms with Gasteiger partial charge in [0.15, 0.2) is 34.5 Å². The minimum absolute atomic E-state index is 0.0529. The molecule has 39 heavy (non-hydrogen) atoms. The summed E-state index contributed by atoms with van der Waals surface area (Å²) in [6, 6.07) is 0. The Kier molecular flexibility index (Phi) is 10.1. The average Bonchev–Trinajstić information content (AvgIpc) is 2.94. The first-order chi connectivity index (χ1) is 18.7. The number of aromatic nitrogens is 6. The standard InChI is InChI=1S/C14H14ClF2N5O2.C8H8Cl2FN3O/c1-8(11-18-6-9(16)7-19-11)24-13-10(17)12(20-14(15)21-13)22-2-4-23-5-3-22;9-6-5(11)7(13-8(10)12-6)14-1-3-15-4-2-14/h6-8H,2-5H2,1H3;1-4H2. The molecule has 0 radical (unpaired) electrons. The number of rotatable bonds is 5. The predicted molar refractivity (Wildman–Crippen MR) is 136 cm³/mol. The second kappa shape index (κ2) is 13.5. The first kappa shape index (κ1) is 29.2. The topological polar surface area (TPSA) is 112 Å². The van der Waals surface area contributed by atoms with Crippen molar-refractivity contribution in [3.8, 4) is 5.88 Å². The van der Waals surface area contributed by atoms with Crippen LogP contribution < -0.4 is 14.5 Å². The Balaban J connectivity index is 0.000000202. The van der Waals surface area contributed by atoms with Crippen LogP contribution in [0.4, 0.5) is 24.8 Å². The van der Waals surface area contributed by atoms with Crippen molar-refractivity contribution in [2.24, 2.45) is 0 Å². The summed E-state index contributed by atoms with van der Waals surface area (Å²) in [5.74, 6) is -1.85. The highest BCUT2D eigenvalue weighted by Crippen LogP contribution is 2.29. The molecule has 2 aliphatic rings. The predicted octanol–water partition coefficient (Wildman–Crippen LogP) is 3.93. The summed E-state index contributed by atoms with van der Waals surface area (Å²) in [7, 11) is 0. The van der Waals surface area contributed by atoms with Crippen LogP contribution in [-0.4, -0.2) is 82.5 Å². The van der Waals surface area contributed by atoms with E-state index in [-0.39, 0.29) is 39.1 Å². The summed E-state index contributed by atoms with van der Waals surface area (Å²) in [5, 5.41) is -0.445. The van der Waals surface area contributed by atoms with E-state index in [2.05, 4.69) is 29.9 Å². The molecular formula is C22H22Cl3F3N8O3. The molecule has 5 heterocycles. The van der Waals surface area contributed by atoms with Crippen molar-refractivity contribution in [1.82, 2.24) is 29.9 Å². The second-order valence-electron chi connectivity index (χ2n) is 8.07. The van der Waals surface area contributed by atoms with Gasteiger partial charge in [0.25, 0.3) is 5.88 Å². The number of halogens is 6. The van der Waals surface area contributed by atoms with Crippen LogP contribution in [0.3, 0.4) is 0 Å². The van der Waals surface area contributed by atoms with Gasteiger partial charge in [0.05, 0.1) is 38.8 Å². The van der Waals surface area contributed by atoms with Crippen LogP contribution in [0.5, 0.6) is 5.88 Å². The van der Waals surface area contributed by atoms with Gasteiger partial charge >= 0.3 is 0 Å². The van der Waals surface area contributed by atoms with Crippen LogP contribution in [0.1, 0.15) is 18.9 Å². The molecule has 0 spiro atoms. The molecule has 11 nitrogen and oxygen atoms in total. The van der Waals surface area contributed by atoms with E-state index in [1.165, 1.54) is 0 Å². The molecule has 0 bridgehead atoms. The molecule has 1 atom stereocenters. The lowest BCUT2D eigenvalue weighted by atomic mass is 10.3. The Bertz CT molecular complexity index is 1270. The summed E-state index contributed by atoms with van der Waals surface area (Å²) in [4.78, 5) is 26.1. The largest absolute Gasteiger partial charge is 0.464 e. The van der Waals surface area contributed by atoms with Crippen LogP contribution >= 0.6 is 34.8 Å². The Morgan fingerprint density at radius 2 is 1.26 bits per heavy atom. The zero-order chi connectivity index (χ0) is 27.9. The minimum Gasteiger partial charge on any atom is -0.464 e. The molecule has 1 unspecified atom stereocenters. The maximum absolute atomic E-state index is 14.7. The van der Waals surface area contributed by atoms with Crippen LogP contribution in [0.15, 0.2) is 12.4 Å². The third kappa shape index (κ3) is 7.66. The van der Waals surface area contributed by atoms with Crippen molar-refractivity contribution in [3.63, 3.8) is 0 Å². The van der Waals surface area contributed by atoms with Gasteiger partial charge in [0, 0.05) is 26.2 Å². The van der Waals surface area contributed by atoms with E-state index in [4.69, 9.17) is 49.0 Å². The van der Waals surface area contributed by atoms with Gasteiger partial charge in [-0.05, 0) is 30.1 Å². The van der Waals surface area contributed by atoms with Crippen molar-refractivity contribution >= 4 is 46.4 Å². The van der Waals surface area contributed by atoms with Crippen LogP contribution in [0, 0.1) is 17.5 Å². The number of nitrogens with zero attached hydrogens (tertiary/aromatic N) is 8. The van der Waals surface area contributed by atoms with Crippen LogP contribution in [0.2, 0.25) is 15.7 Å². The fourth-order valence-electron chi connectivity index (χ4n) is 3.57. The fraction of sp³-hybridized carbons (Fsp3) is 0.455. The van der Waals surface area contributed by atoms with Gasteiger partial charge in [-0.1, -0.05) is 11.6 Å². The van der Waals surface area contributed by atoms with E-state index in [0.717, 1.165) is 12.4 Å². The quantitative estimate of drug-likeness (QED) is 0.310. The maximum atomic E-state index is 14.7. The molecule has 0 aliphatic carbocycles. The fourth-order valence-corrected chi connectivity index (χ4v) is 4.10.